The van der Waals surface area contributed by atoms with Gasteiger partial charge in [0.05, 0.1) is 5.56 Å². The van der Waals surface area contributed by atoms with Gasteiger partial charge in [0.25, 0.3) is 0 Å². The van der Waals surface area contributed by atoms with Gasteiger partial charge >= 0.3 is 0 Å². The van der Waals surface area contributed by atoms with Crippen LogP contribution in [0.15, 0.2) is 23.4 Å². The maximum atomic E-state index is 9.00. The normalized spacial score (nSPS) is 25.0. The first-order valence-electron chi connectivity index (χ1n) is 5.81. The molecular weight excluding hydrogens is 216 g/mol. The highest BCUT2D eigenvalue weighted by Gasteiger charge is 2.21. The summed E-state index contributed by atoms with van der Waals surface area (Å²) in [6.45, 7) is 2.32. The van der Waals surface area contributed by atoms with Crippen LogP contribution in [0.1, 0.15) is 38.2 Å². The number of nitriles is 1. The van der Waals surface area contributed by atoms with E-state index in [0.717, 1.165) is 10.9 Å². The highest BCUT2D eigenvalue weighted by atomic mass is 32.2. The van der Waals surface area contributed by atoms with E-state index in [1.165, 1.54) is 25.7 Å². The van der Waals surface area contributed by atoms with Gasteiger partial charge in [-0.3, -0.25) is 0 Å². The first kappa shape index (κ1) is 11.5. The Balaban J connectivity index is 2.06. The summed E-state index contributed by atoms with van der Waals surface area (Å²) in [6, 6.07) is 5.89. The summed E-state index contributed by atoms with van der Waals surface area (Å²) < 4.78 is 0. The van der Waals surface area contributed by atoms with E-state index in [9.17, 15) is 0 Å². The number of pyridine rings is 1. The van der Waals surface area contributed by atoms with Crippen LogP contribution in [0.4, 0.5) is 0 Å². The van der Waals surface area contributed by atoms with Gasteiger partial charge in [0.1, 0.15) is 11.1 Å². The zero-order valence-electron chi connectivity index (χ0n) is 9.52. The molecule has 1 aliphatic carbocycles. The van der Waals surface area contributed by atoms with Gasteiger partial charge in [0.15, 0.2) is 0 Å². The molecule has 0 aliphatic heterocycles. The van der Waals surface area contributed by atoms with Gasteiger partial charge < -0.3 is 0 Å². The van der Waals surface area contributed by atoms with Gasteiger partial charge in [0, 0.05) is 11.4 Å². The van der Waals surface area contributed by atoms with Crippen LogP contribution in [-0.2, 0) is 0 Å². The van der Waals surface area contributed by atoms with Crippen LogP contribution >= 0.6 is 11.8 Å². The SMILES string of the molecule is CC1CCCC(Sc2ncccc2C#N)C1. The molecule has 84 valence electrons. The van der Waals surface area contributed by atoms with Gasteiger partial charge in [-0.25, -0.2) is 4.98 Å². The molecule has 0 saturated heterocycles. The fourth-order valence-corrected chi connectivity index (χ4v) is 3.60. The summed E-state index contributed by atoms with van der Waals surface area (Å²) >= 11 is 1.79. The van der Waals surface area contributed by atoms with Crippen LogP contribution < -0.4 is 0 Å². The van der Waals surface area contributed by atoms with Gasteiger partial charge in [-0.05, 0) is 30.9 Å². The molecule has 2 atom stereocenters. The Morgan fingerprint density at radius 3 is 3.12 bits per heavy atom. The Morgan fingerprint density at radius 1 is 1.50 bits per heavy atom. The van der Waals surface area contributed by atoms with Crippen molar-refractivity contribution in [1.29, 1.82) is 5.26 Å². The summed E-state index contributed by atoms with van der Waals surface area (Å²) in [7, 11) is 0. The van der Waals surface area contributed by atoms with E-state index in [4.69, 9.17) is 5.26 Å². The number of thioether (sulfide) groups is 1. The van der Waals surface area contributed by atoms with E-state index in [1.54, 1.807) is 18.0 Å². The molecule has 1 fully saturated rings. The molecule has 1 aromatic rings. The Kier molecular flexibility index (Phi) is 3.84. The van der Waals surface area contributed by atoms with Crippen molar-refractivity contribution in [1.82, 2.24) is 4.98 Å². The second-order valence-corrected chi connectivity index (χ2v) is 5.77. The molecule has 0 amide bonds. The Labute approximate surface area is 101 Å². The molecule has 2 nitrogen and oxygen atoms in total. The van der Waals surface area contributed by atoms with Crippen LogP contribution in [-0.4, -0.2) is 10.2 Å². The molecule has 2 rings (SSSR count). The van der Waals surface area contributed by atoms with E-state index >= 15 is 0 Å². The number of aromatic nitrogens is 1. The van der Waals surface area contributed by atoms with Crippen molar-refractivity contribution in [3.05, 3.63) is 23.9 Å². The minimum absolute atomic E-state index is 0.644. The molecule has 16 heavy (non-hydrogen) atoms. The third kappa shape index (κ3) is 2.76. The van der Waals surface area contributed by atoms with E-state index in [2.05, 4.69) is 18.0 Å². The zero-order chi connectivity index (χ0) is 11.4. The lowest BCUT2D eigenvalue weighted by molar-refractivity contribution is 0.394. The molecule has 0 aromatic carbocycles. The van der Waals surface area contributed by atoms with E-state index < -0.39 is 0 Å². The van der Waals surface area contributed by atoms with Crippen LogP contribution in [0.25, 0.3) is 0 Å². The minimum atomic E-state index is 0.644. The summed E-state index contributed by atoms with van der Waals surface area (Å²) in [5.41, 5.74) is 0.714. The molecule has 0 N–H and O–H groups in total. The maximum Gasteiger partial charge on any atom is 0.114 e. The fraction of sp³-hybridized carbons (Fsp3) is 0.538. The highest BCUT2D eigenvalue weighted by molar-refractivity contribution is 7.99. The second-order valence-electron chi connectivity index (χ2n) is 4.48. The zero-order valence-corrected chi connectivity index (χ0v) is 10.3. The average Bonchev–Trinajstić information content (AvgIpc) is 2.30. The Bertz CT molecular complexity index is 397. The lowest BCUT2D eigenvalue weighted by Crippen LogP contribution is -2.15. The molecule has 2 unspecified atom stereocenters. The van der Waals surface area contributed by atoms with E-state index in [0.29, 0.717) is 10.8 Å². The highest BCUT2D eigenvalue weighted by Crippen LogP contribution is 2.36. The summed E-state index contributed by atoms with van der Waals surface area (Å²) in [4.78, 5) is 4.31. The van der Waals surface area contributed by atoms with Crippen molar-refractivity contribution in [3.63, 3.8) is 0 Å². The van der Waals surface area contributed by atoms with Crippen LogP contribution in [0, 0.1) is 17.2 Å². The van der Waals surface area contributed by atoms with E-state index in [1.807, 2.05) is 12.1 Å². The average molecular weight is 232 g/mol. The van der Waals surface area contributed by atoms with Gasteiger partial charge in [-0.15, -0.1) is 11.8 Å². The van der Waals surface area contributed by atoms with Gasteiger partial charge in [0.2, 0.25) is 0 Å². The predicted molar refractivity (Wildman–Crippen MR) is 66.2 cm³/mol. The van der Waals surface area contributed by atoms with Crippen molar-refractivity contribution < 1.29 is 0 Å². The first-order valence-corrected chi connectivity index (χ1v) is 6.69. The Morgan fingerprint density at radius 2 is 2.38 bits per heavy atom. The smallest absolute Gasteiger partial charge is 0.114 e. The fourth-order valence-electron chi connectivity index (χ4n) is 2.21. The van der Waals surface area contributed by atoms with Crippen LogP contribution in [0.3, 0.4) is 0 Å². The molecule has 1 aromatic heterocycles. The quantitative estimate of drug-likeness (QED) is 0.781. The largest absolute Gasteiger partial charge is 0.249 e. The van der Waals surface area contributed by atoms with Crippen LogP contribution in [0.5, 0.6) is 0 Å². The molecule has 1 aliphatic rings. The van der Waals surface area contributed by atoms with Crippen molar-refractivity contribution in [3.8, 4) is 6.07 Å². The number of nitrogens with zero attached hydrogens (tertiary/aromatic N) is 2. The molecule has 3 heteroatoms. The Hall–Kier alpha value is -1.01. The standard InChI is InChI=1S/C13H16N2S/c1-10-4-2-6-12(8-10)16-13-11(9-14)5-3-7-15-13/h3,5,7,10,12H,2,4,6,8H2,1H3. The summed E-state index contributed by atoms with van der Waals surface area (Å²) in [6.07, 6.45) is 6.95. The molecule has 0 spiro atoms. The molecular formula is C13H16N2S. The molecule has 1 saturated carbocycles. The van der Waals surface area contributed by atoms with Gasteiger partial charge in [-0.2, -0.15) is 5.26 Å². The van der Waals surface area contributed by atoms with Crippen LogP contribution in [0.2, 0.25) is 0 Å². The topological polar surface area (TPSA) is 36.7 Å². The van der Waals surface area contributed by atoms with Crippen molar-refractivity contribution in [2.24, 2.45) is 5.92 Å². The minimum Gasteiger partial charge on any atom is -0.249 e. The van der Waals surface area contributed by atoms with Crippen molar-refractivity contribution in [2.75, 3.05) is 0 Å². The lowest BCUT2D eigenvalue weighted by atomic mass is 9.91. The summed E-state index contributed by atoms with van der Waals surface area (Å²) in [5.74, 6) is 0.820. The summed E-state index contributed by atoms with van der Waals surface area (Å²) in [5, 5.41) is 10.5. The monoisotopic (exact) mass is 232 g/mol. The molecule has 1 heterocycles. The number of hydrogen-bond donors (Lipinski definition) is 0. The van der Waals surface area contributed by atoms with E-state index in [-0.39, 0.29) is 0 Å². The third-order valence-electron chi connectivity index (χ3n) is 3.06. The maximum absolute atomic E-state index is 9.00. The third-order valence-corrected chi connectivity index (χ3v) is 4.37. The van der Waals surface area contributed by atoms with Crippen molar-refractivity contribution >= 4 is 11.8 Å². The molecule has 0 bridgehead atoms. The van der Waals surface area contributed by atoms with Gasteiger partial charge in [-0.1, -0.05) is 19.8 Å². The number of rotatable bonds is 2. The van der Waals surface area contributed by atoms with Crippen molar-refractivity contribution in [2.45, 2.75) is 42.9 Å². The first-order chi connectivity index (χ1) is 7.79. The second kappa shape index (κ2) is 5.36. The predicted octanol–water partition coefficient (Wildman–Crippen LogP) is 3.62. The molecule has 0 radical (unpaired) electrons. The lowest BCUT2D eigenvalue weighted by Gasteiger charge is -2.25. The number of hydrogen-bond acceptors (Lipinski definition) is 3.